The maximum atomic E-state index is 12.4. The number of nitrogens with one attached hydrogen (secondary N) is 1. The van der Waals surface area contributed by atoms with Crippen LogP contribution in [-0.4, -0.2) is 30.1 Å². The van der Waals surface area contributed by atoms with Crippen LogP contribution >= 0.6 is 0 Å². The Kier molecular flexibility index (Phi) is 6.60. The van der Waals surface area contributed by atoms with Crippen molar-refractivity contribution in [3.05, 3.63) is 98.6 Å². The Balaban J connectivity index is 1.40. The molecule has 0 saturated carbocycles. The van der Waals surface area contributed by atoms with Crippen molar-refractivity contribution in [1.29, 1.82) is 0 Å². The first-order valence-corrected chi connectivity index (χ1v) is 10.1. The molecule has 0 spiro atoms. The van der Waals surface area contributed by atoms with Gasteiger partial charge >= 0.3 is 5.97 Å². The summed E-state index contributed by atoms with van der Waals surface area (Å²) >= 11 is 0. The number of carbonyl (C=O) groups excluding carboxylic acids is 2. The van der Waals surface area contributed by atoms with Gasteiger partial charge in [-0.15, -0.1) is 0 Å². The van der Waals surface area contributed by atoms with Crippen molar-refractivity contribution in [3.63, 3.8) is 0 Å². The maximum absolute atomic E-state index is 12.4. The number of non-ortho nitro benzene ring substituents is 1. The molecule has 0 fully saturated rings. The molecule has 0 radical (unpaired) electrons. The number of amides is 1. The lowest BCUT2D eigenvalue weighted by atomic mass is 10.1. The molecule has 3 aromatic rings. The third-order valence-electron chi connectivity index (χ3n) is 5.07. The summed E-state index contributed by atoms with van der Waals surface area (Å²) < 4.78 is 16.0. The van der Waals surface area contributed by atoms with Gasteiger partial charge in [0.05, 0.1) is 37.0 Å². The Morgan fingerprint density at radius 2 is 1.74 bits per heavy atom. The van der Waals surface area contributed by atoms with E-state index in [4.69, 9.17) is 14.2 Å². The average Bonchev–Trinajstić information content (AvgIpc) is 3.32. The molecule has 1 amide bonds. The molecule has 10 heteroatoms. The number of carbonyl (C=O) groups is 2. The van der Waals surface area contributed by atoms with Crippen LogP contribution in [0.25, 0.3) is 0 Å². The second-order valence-corrected chi connectivity index (χ2v) is 7.28. The van der Waals surface area contributed by atoms with E-state index < -0.39 is 10.9 Å². The first kappa shape index (κ1) is 22.6. The fourth-order valence-corrected chi connectivity index (χ4v) is 3.27. The van der Waals surface area contributed by atoms with Crippen LogP contribution in [0.5, 0.6) is 11.5 Å². The minimum Gasteiger partial charge on any atom is -0.493 e. The minimum absolute atomic E-state index is 0.130. The quantitative estimate of drug-likeness (QED) is 0.187. The number of rotatable bonds is 7. The van der Waals surface area contributed by atoms with Crippen molar-refractivity contribution in [2.45, 2.75) is 13.2 Å². The molecule has 4 rings (SSSR count). The van der Waals surface area contributed by atoms with E-state index in [2.05, 4.69) is 10.5 Å². The van der Waals surface area contributed by atoms with Crippen LogP contribution in [0.3, 0.4) is 0 Å². The second-order valence-electron chi connectivity index (χ2n) is 7.28. The summed E-state index contributed by atoms with van der Waals surface area (Å²) in [6.07, 6.45) is 1.43. The molecular formula is C24H19N3O7. The summed E-state index contributed by atoms with van der Waals surface area (Å²) in [5.41, 5.74) is 5.62. The molecule has 0 aliphatic carbocycles. The summed E-state index contributed by atoms with van der Waals surface area (Å²) in [5.74, 6) is -0.621. The van der Waals surface area contributed by atoms with Gasteiger partial charge in [0, 0.05) is 17.7 Å². The van der Waals surface area contributed by atoms with E-state index in [0.29, 0.717) is 24.3 Å². The molecule has 1 N–H and O–H groups in total. The first-order chi connectivity index (χ1) is 16.4. The Morgan fingerprint density at radius 1 is 1.00 bits per heavy atom. The van der Waals surface area contributed by atoms with Gasteiger partial charge in [-0.05, 0) is 59.2 Å². The van der Waals surface area contributed by atoms with Crippen LogP contribution in [0, 0.1) is 10.1 Å². The van der Waals surface area contributed by atoms with Gasteiger partial charge in [-0.3, -0.25) is 14.9 Å². The molecule has 0 saturated heterocycles. The number of benzene rings is 3. The Bertz CT molecular complexity index is 1290. The van der Waals surface area contributed by atoms with Gasteiger partial charge < -0.3 is 14.2 Å². The second kappa shape index (κ2) is 9.92. The highest BCUT2D eigenvalue weighted by Crippen LogP contribution is 2.28. The van der Waals surface area contributed by atoms with Crippen LogP contribution < -0.4 is 14.9 Å². The van der Waals surface area contributed by atoms with Crippen LogP contribution in [0.1, 0.15) is 37.4 Å². The van der Waals surface area contributed by atoms with Gasteiger partial charge in [-0.25, -0.2) is 10.2 Å². The molecule has 0 bridgehead atoms. The highest BCUT2D eigenvalue weighted by Gasteiger charge is 2.15. The average molecular weight is 461 g/mol. The lowest BCUT2D eigenvalue weighted by molar-refractivity contribution is -0.384. The van der Waals surface area contributed by atoms with Gasteiger partial charge in [0.1, 0.15) is 0 Å². The third kappa shape index (κ3) is 5.08. The number of nitro groups is 1. The number of esters is 1. The zero-order valence-corrected chi connectivity index (χ0v) is 18.0. The Labute approximate surface area is 193 Å². The molecule has 34 heavy (non-hydrogen) atoms. The molecule has 1 heterocycles. The van der Waals surface area contributed by atoms with E-state index in [1.165, 1.54) is 43.7 Å². The summed E-state index contributed by atoms with van der Waals surface area (Å²) in [5, 5.41) is 14.7. The monoisotopic (exact) mass is 461 g/mol. The fourth-order valence-electron chi connectivity index (χ4n) is 3.27. The highest BCUT2D eigenvalue weighted by molar-refractivity contribution is 5.95. The smallest absolute Gasteiger partial charge is 0.343 e. The number of hydrogen-bond acceptors (Lipinski definition) is 8. The predicted molar refractivity (Wildman–Crippen MR) is 121 cm³/mol. The van der Waals surface area contributed by atoms with Crippen molar-refractivity contribution in [2.75, 3.05) is 7.11 Å². The van der Waals surface area contributed by atoms with Crippen molar-refractivity contribution in [1.82, 2.24) is 5.43 Å². The van der Waals surface area contributed by atoms with Crippen LogP contribution in [0.4, 0.5) is 5.69 Å². The van der Waals surface area contributed by atoms with E-state index in [-0.39, 0.29) is 28.7 Å². The van der Waals surface area contributed by atoms with Gasteiger partial charge in [-0.1, -0.05) is 6.07 Å². The zero-order valence-electron chi connectivity index (χ0n) is 18.0. The third-order valence-corrected chi connectivity index (χ3v) is 5.07. The number of hydrazone groups is 1. The molecular weight excluding hydrogens is 442 g/mol. The number of ether oxygens (including phenoxy) is 3. The van der Waals surface area contributed by atoms with Crippen molar-refractivity contribution in [2.24, 2.45) is 5.10 Å². The van der Waals surface area contributed by atoms with Crippen LogP contribution in [-0.2, 0) is 18.0 Å². The van der Waals surface area contributed by atoms with Crippen LogP contribution in [0.2, 0.25) is 0 Å². The van der Waals surface area contributed by atoms with Crippen molar-refractivity contribution in [3.8, 4) is 11.5 Å². The zero-order chi connectivity index (χ0) is 24.1. The summed E-state index contributed by atoms with van der Waals surface area (Å²) in [6.45, 7) is 1.04. The maximum Gasteiger partial charge on any atom is 0.343 e. The van der Waals surface area contributed by atoms with E-state index in [0.717, 1.165) is 11.1 Å². The molecule has 0 atom stereocenters. The van der Waals surface area contributed by atoms with Crippen LogP contribution in [0.15, 0.2) is 65.8 Å². The number of nitro benzene ring substituents is 1. The largest absolute Gasteiger partial charge is 0.493 e. The number of nitrogens with zero attached hydrogens (tertiary/aromatic N) is 2. The molecule has 0 unspecified atom stereocenters. The Morgan fingerprint density at radius 3 is 2.47 bits per heavy atom. The SMILES string of the molecule is COc1cc(C=NNC(=O)c2ccc3c(c2)COC3)ccc1OC(=O)c1ccc([N+](=O)[O-])cc1. The van der Waals surface area contributed by atoms with Gasteiger partial charge in [-0.2, -0.15) is 5.10 Å². The topological polar surface area (TPSA) is 129 Å². The van der Waals surface area contributed by atoms with Gasteiger partial charge in [0.15, 0.2) is 11.5 Å². The Hall–Kier alpha value is -4.57. The van der Waals surface area contributed by atoms with E-state index in [1.54, 1.807) is 24.3 Å². The lowest BCUT2D eigenvalue weighted by Gasteiger charge is -2.10. The van der Waals surface area contributed by atoms with Crippen molar-refractivity contribution >= 4 is 23.8 Å². The van der Waals surface area contributed by atoms with Gasteiger partial charge in [0.25, 0.3) is 11.6 Å². The fraction of sp³-hybridized carbons (Fsp3) is 0.125. The molecule has 1 aliphatic rings. The van der Waals surface area contributed by atoms with E-state index in [9.17, 15) is 19.7 Å². The van der Waals surface area contributed by atoms with Gasteiger partial charge in [0.2, 0.25) is 0 Å². The molecule has 10 nitrogen and oxygen atoms in total. The van der Waals surface area contributed by atoms with E-state index >= 15 is 0 Å². The normalized spacial score (nSPS) is 12.3. The lowest BCUT2D eigenvalue weighted by Crippen LogP contribution is -2.17. The first-order valence-electron chi connectivity index (χ1n) is 10.1. The number of methoxy groups -OCH3 is 1. The highest BCUT2D eigenvalue weighted by atomic mass is 16.6. The predicted octanol–water partition coefficient (Wildman–Crippen LogP) is 3.62. The number of fused-ring (bicyclic) bond motifs is 1. The molecule has 0 aromatic heterocycles. The molecule has 172 valence electrons. The molecule has 1 aliphatic heterocycles. The number of hydrogen-bond donors (Lipinski definition) is 1. The van der Waals surface area contributed by atoms with E-state index in [1.807, 2.05) is 6.07 Å². The standard InChI is InChI=1S/C24H19N3O7/c1-32-22-10-15(12-25-26-23(28)17-3-4-18-13-33-14-19(18)11-17)2-9-21(22)34-24(29)16-5-7-20(8-6-16)27(30)31/h2-12H,13-14H2,1H3,(H,26,28). The summed E-state index contributed by atoms with van der Waals surface area (Å²) in [6, 6.07) is 15.2. The summed E-state index contributed by atoms with van der Waals surface area (Å²) in [7, 11) is 1.42. The summed E-state index contributed by atoms with van der Waals surface area (Å²) in [4.78, 5) is 34.9. The molecule has 3 aromatic carbocycles. The van der Waals surface area contributed by atoms with Crippen molar-refractivity contribution < 1.29 is 28.7 Å². The minimum atomic E-state index is -0.693.